The van der Waals surface area contributed by atoms with Crippen LogP contribution in [0.3, 0.4) is 0 Å². The summed E-state index contributed by atoms with van der Waals surface area (Å²) in [7, 11) is -3.42. The molecular formula is C23H18FN3O4S. The van der Waals surface area contributed by atoms with Crippen molar-refractivity contribution in [2.24, 2.45) is 0 Å². The fraction of sp³-hybridized carbons (Fsp3) is 0.0435. The first-order chi connectivity index (χ1) is 15.2. The van der Waals surface area contributed by atoms with Crippen LogP contribution in [0.5, 0.6) is 0 Å². The second-order valence-electron chi connectivity index (χ2n) is 7.12. The third-order valence-corrected chi connectivity index (χ3v) is 5.85. The monoisotopic (exact) mass is 451 g/mol. The molecule has 9 heteroatoms. The Morgan fingerprint density at radius 2 is 1.75 bits per heavy atom. The number of aromatic nitrogens is 2. The highest BCUT2D eigenvalue weighted by Gasteiger charge is 2.15. The van der Waals surface area contributed by atoms with E-state index in [1.807, 2.05) is 0 Å². The second-order valence-corrected chi connectivity index (χ2v) is 9.14. The van der Waals surface area contributed by atoms with Crippen LogP contribution in [0.1, 0.15) is 5.56 Å². The maximum atomic E-state index is 12.9. The number of imidazole rings is 1. The van der Waals surface area contributed by atoms with Crippen molar-refractivity contribution in [2.45, 2.75) is 4.90 Å². The summed E-state index contributed by atoms with van der Waals surface area (Å²) in [6.45, 7) is 0. The lowest BCUT2D eigenvalue weighted by Crippen LogP contribution is -2.07. The topological polar surface area (TPSA) is 101 Å². The highest BCUT2D eigenvalue weighted by molar-refractivity contribution is 7.90. The van der Waals surface area contributed by atoms with Gasteiger partial charge in [-0.05, 0) is 66.2 Å². The Balaban J connectivity index is 1.52. The number of benzene rings is 3. The van der Waals surface area contributed by atoms with Gasteiger partial charge in [0.15, 0.2) is 15.7 Å². The first kappa shape index (κ1) is 21.3. The van der Waals surface area contributed by atoms with Gasteiger partial charge in [0, 0.05) is 23.6 Å². The number of hydrogen-bond donors (Lipinski definition) is 2. The predicted octanol–water partition coefficient (Wildman–Crippen LogP) is 4.14. The number of halogens is 1. The number of nitrogens with one attached hydrogen (secondary N) is 1. The Labute approximate surface area is 183 Å². The van der Waals surface area contributed by atoms with E-state index in [-0.39, 0.29) is 28.0 Å². The van der Waals surface area contributed by atoms with Gasteiger partial charge in [-0.1, -0.05) is 12.1 Å². The van der Waals surface area contributed by atoms with Crippen molar-refractivity contribution in [1.29, 1.82) is 0 Å². The molecule has 0 unspecified atom stereocenters. The molecule has 162 valence electrons. The van der Waals surface area contributed by atoms with E-state index < -0.39 is 9.84 Å². The molecule has 0 bridgehead atoms. The number of fused-ring (bicyclic) bond motifs is 1. The van der Waals surface area contributed by atoms with Crippen LogP contribution in [-0.4, -0.2) is 35.5 Å². The fourth-order valence-corrected chi connectivity index (χ4v) is 3.73. The van der Waals surface area contributed by atoms with E-state index in [4.69, 9.17) is 0 Å². The third kappa shape index (κ3) is 4.52. The minimum absolute atomic E-state index is 0.0819. The van der Waals surface area contributed by atoms with E-state index in [1.54, 1.807) is 42.5 Å². The fourth-order valence-electron chi connectivity index (χ4n) is 3.09. The number of carbonyl (C=O) groups is 1. The van der Waals surface area contributed by atoms with Crippen molar-refractivity contribution in [3.63, 3.8) is 0 Å². The zero-order valence-corrected chi connectivity index (χ0v) is 17.7. The summed E-state index contributed by atoms with van der Waals surface area (Å²) in [5, 5.41) is 13.2. The first-order valence-electron chi connectivity index (χ1n) is 9.47. The number of rotatable bonds is 5. The molecule has 1 heterocycles. The quantitative estimate of drug-likeness (QED) is 0.351. The molecule has 3 aromatic carbocycles. The van der Waals surface area contributed by atoms with Gasteiger partial charge in [0.25, 0.3) is 0 Å². The Hall–Kier alpha value is -3.98. The summed E-state index contributed by atoms with van der Waals surface area (Å²) in [6.07, 6.45) is 4.00. The van der Waals surface area contributed by atoms with Crippen molar-refractivity contribution in [2.75, 3.05) is 11.6 Å². The van der Waals surface area contributed by atoms with E-state index in [0.29, 0.717) is 22.3 Å². The van der Waals surface area contributed by atoms with E-state index in [9.17, 15) is 22.8 Å². The lowest BCUT2D eigenvalue weighted by molar-refractivity contribution is -0.111. The molecule has 2 N–H and O–H groups in total. The highest BCUT2D eigenvalue weighted by Crippen LogP contribution is 2.26. The summed E-state index contributed by atoms with van der Waals surface area (Å²) >= 11 is 0. The molecule has 0 atom stereocenters. The van der Waals surface area contributed by atoms with Crippen molar-refractivity contribution in [1.82, 2.24) is 9.71 Å². The van der Waals surface area contributed by atoms with Gasteiger partial charge >= 0.3 is 0 Å². The molecule has 7 nitrogen and oxygen atoms in total. The number of amides is 1. The maximum Gasteiger partial charge on any atom is 0.248 e. The van der Waals surface area contributed by atoms with E-state index in [2.05, 4.69) is 10.3 Å². The SMILES string of the molecule is CS(=O)(=O)c1ccc2nc(-c3ccc(NC(=O)/C=C/c4ccc(F)cc4)cc3)n(O)c2c1. The normalized spacial score (nSPS) is 11.8. The van der Waals surface area contributed by atoms with Gasteiger partial charge in [-0.25, -0.2) is 17.8 Å². The van der Waals surface area contributed by atoms with Crippen LogP contribution >= 0.6 is 0 Å². The number of anilines is 1. The smallest absolute Gasteiger partial charge is 0.248 e. The third-order valence-electron chi connectivity index (χ3n) is 4.74. The Bertz CT molecular complexity index is 1440. The molecule has 0 radical (unpaired) electrons. The molecular weight excluding hydrogens is 433 g/mol. The molecule has 32 heavy (non-hydrogen) atoms. The van der Waals surface area contributed by atoms with Crippen molar-refractivity contribution >= 4 is 38.5 Å². The molecule has 0 spiro atoms. The molecule has 0 fully saturated rings. The molecule has 0 saturated carbocycles. The summed E-state index contributed by atoms with van der Waals surface area (Å²) in [6, 6.07) is 16.7. The van der Waals surface area contributed by atoms with Gasteiger partial charge < -0.3 is 10.5 Å². The molecule has 0 saturated heterocycles. The van der Waals surface area contributed by atoms with Gasteiger partial charge in [0.1, 0.15) is 11.3 Å². The summed E-state index contributed by atoms with van der Waals surface area (Å²) in [5.41, 5.74) is 2.51. The largest absolute Gasteiger partial charge is 0.426 e. The van der Waals surface area contributed by atoms with E-state index in [1.165, 1.54) is 36.4 Å². The van der Waals surface area contributed by atoms with Crippen LogP contribution in [0, 0.1) is 5.82 Å². The van der Waals surface area contributed by atoms with Crippen LogP contribution in [0.15, 0.2) is 77.7 Å². The van der Waals surface area contributed by atoms with Crippen LogP contribution in [0.25, 0.3) is 28.5 Å². The highest BCUT2D eigenvalue weighted by atomic mass is 32.2. The van der Waals surface area contributed by atoms with Crippen molar-refractivity contribution in [3.8, 4) is 11.4 Å². The van der Waals surface area contributed by atoms with Crippen molar-refractivity contribution in [3.05, 3.63) is 84.2 Å². The standard InChI is InChI=1S/C23H18FN3O4S/c1-32(30,31)19-11-12-20-21(14-19)27(29)23(26-20)16-5-9-18(10-6-16)25-22(28)13-4-15-2-7-17(24)8-3-15/h2-14,29H,1H3,(H,25,28)/b13-4+. The number of sulfone groups is 1. The van der Waals surface area contributed by atoms with E-state index >= 15 is 0 Å². The van der Waals surface area contributed by atoms with Crippen LogP contribution in [0.2, 0.25) is 0 Å². The molecule has 0 aliphatic rings. The van der Waals surface area contributed by atoms with Gasteiger partial charge in [-0.2, -0.15) is 4.73 Å². The lowest BCUT2D eigenvalue weighted by Gasteiger charge is -2.05. The zero-order valence-electron chi connectivity index (χ0n) is 16.9. The number of carbonyl (C=O) groups excluding carboxylic acids is 1. The van der Waals surface area contributed by atoms with Gasteiger partial charge in [0.2, 0.25) is 5.91 Å². The number of hydrogen-bond acceptors (Lipinski definition) is 5. The van der Waals surface area contributed by atoms with Gasteiger partial charge in [-0.3, -0.25) is 4.79 Å². The molecule has 0 aliphatic heterocycles. The zero-order chi connectivity index (χ0) is 22.9. The molecule has 1 aromatic heterocycles. The Morgan fingerprint density at radius 3 is 2.41 bits per heavy atom. The maximum absolute atomic E-state index is 12.9. The van der Waals surface area contributed by atoms with Crippen LogP contribution in [-0.2, 0) is 14.6 Å². The van der Waals surface area contributed by atoms with Crippen LogP contribution in [0.4, 0.5) is 10.1 Å². The second kappa shape index (κ2) is 8.27. The van der Waals surface area contributed by atoms with Crippen LogP contribution < -0.4 is 5.32 Å². The molecule has 4 rings (SSSR count). The first-order valence-corrected chi connectivity index (χ1v) is 11.4. The van der Waals surface area contributed by atoms with E-state index in [0.717, 1.165) is 11.0 Å². The minimum Gasteiger partial charge on any atom is -0.426 e. The van der Waals surface area contributed by atoms with Crippen molar-refractivity contribution < 1.29 is 22.8 Å². The Morgan fingerprint density at radius 1 is 1.06 bits per heavy atom. The summed E-state index contributed by atoms with van der Waals surface area (Å²) in [4.78, 5) is 16.6. The average Bonchev–Trinajstić information content (AvgIpc) is 3.09. The summed E-state index contributed by atoms with van der Waals surface area (Å²) in [5.74, 6) is -0.469. The summed E-state index contributed by atoms with van der Waals surface area (Å²) < 4.78 is 37.3. The molecule has 0 aliphatic carbocycles. The molecule has 1 amide bonds. The van der Waals surface area contributed by atoms with Gasteiger partial charge in [0.05, 0.1) is 10.4 Å². The lowest BCUT2D eigenvalue weighted by atomic mass is 10.2. The number of nitrogens with zero attached hydrogens (tertiary/aromatic N) is 2. The van der Waals surface area contributed by atoms with Gasteiger partial charge in [-0.15, -0.1) is 0 Å². The Kier molecular flexibility index (Phi) is 5.50. The average molecular weight is 451 g/mol. The minimum atomic E-state index is -3.42. The molecule has 4 aromatic rings. The predicted molar refractivity (Wildman–Crippen MR) is 120 cm³/mol.